The van der Waals surface area contributed by atoms with Crippen molar-refractivity contribution in [3.05, 3.63) is 22.8 Å². The van der Waals surface area contributed by atoms with E-state index < -0.39 is 70.7 Å². The van der Waals surface area contributed by atoms with Gasteiger partial charge in [0, 0.05) is 18.4 Å². The molecule has 2 saturated heterocycles. The van der Waals surface area contributed by atoms with Crippen LogP contribution >= 0.6 is 0 Å². The summed E-state index contributed by atoms with van der Waals surface area (Å²) in [7, 11) is 0. The number of carbonyl (C=O) groups excluding carboxylic acids is 2. The highest BCUT2D eigenvalue weighted by Gasteiger charge is 2.35. The fourth-order valence-corrected chi connectivity index (χ4v) is 3.73. The number of anilines is 1. The third-order valence-electron chi connectivity index (χ3n) is 5.76. The maximum atomic E-state index is 15.8. The summed E-state index contributed by atoms with van der Waals surface area (Å²) >= 11 is 0. The number of hydrogen-bond donors (Lipinski definition) is 1. The molecule has 2 heterocycles. The van der Waals surface area contributed by atoms with Crippen LogP contribution in [-0.2, 0) is 30.3 Å². The highest BCUT2D eigenvalue weighted by atomic mass is 19.1. The first-order valence-corrected chi connectivity index (χ1v) is 12.2. The molecule has 2 unspecified atom stereocenters. The SMILES string of the molecule is CCOC(=O)c1c(NC(=O)C(C)(C)C)c(F)c(COC2CCCCO2)c(F)c1OC1CCCCO1. The van der Waals surface area contributed by atoms with Gasteiger partial charge in [0.2, 0.25) is 5.91 Å². The average molecular weight is 500 g/mol. The molecular formula is C25H35F2NO7. The number of carbonyl (C=O) groups is 2. The minimum Gasteiger partial charge on any atom is -0.462 e. The molecule has 2 aliphatic rings. The number of rotatable bonds is 8. The van der Waals surface area contributed by atoms with Gasteiger partial charge in [-0.15, -0.1) is 0 Å². The van der Waals surface area contributed by atoms with Crippen LogP contribution in [0.25, 0.3) is 0 Å². The van der Waals surface area contributed by atoms with Crippen LogP contribution in [-0.4, -0.2) is 44.3 Å². The van der Waals surface area contributed by atoms with Gasteiger partial charge in [0.15, 0.2) is 30.0 Å². The molecule has 35 heavy (non-hydrogen) atoms. The van der Waals surface area contributed by atoms with Crippen LogP contribution in [0.2, 0.25) is 0 Å². The van der Waals surface area contributed by atoms with Gasteiger partial charge in [0.25, 0.3) is 0 Å². The Morgan fingerprint density at radius 3 is 2.17 bits per heavy atom. The van der Waals surface area contributed by atoms with Crippen LogP contribution in [0.1, 0.15) is 82.1 Å². The lowest BCUT2D eigenvalue weighted by Gasteiger charge is -2.28. The second-order valence-corrected chi connectivity index (χ2v) is 9.63. The number of esters is 1. The first-order chi connectivity index (χ1) is 16.6. The average Bonchev–Trinajstić information content (AvgIpc) is 2.83. The van der Waals surface area contributed by atoms with Crippen molar-refractivity contribution in [3.63, 3.8) is 0 Å². The Morgan fingerprint density at radius 1 is 1.00 bits per heavy atom. The van der Waals surface area contributed by atoms with Crippen molar-refractivity contribution >= 4 is 17.6 Å². The maximum absolute atomic E-state index is 15.8. The fraction of sp³-hybridized carbons (Fsp3) is 0.680. The van der Waals surface area contributed by atoms with E-state index in [9.17, 15) is 9.59 Å². The minimum absolute atomic E-state index is 0.0437. The predicted octanol–water partition coefficient (Wildman–Crippen LogP) is 5.07. The lowest BCUT2D eigenvalue weighted by Crippen LogP contribution is -2.31. The summed E-state index contributed by atoms with van der Waals surface area (Å²) in [5, 5.41) is 2.45. The van der Waals surface area contributed by atoms with E-state index >= 15 is 8.78 Å². The number of benzene rings is 1. The standard InChI is InChI=1S/C25H35F2NO7/c1-5-31-23(29)18-21(28-24(30)25(2,3)4)19(26)15(14-34-16-10-6-8-12-32-16)20(27)22(18)35-17-11-7-9-13-33-17/h16-17H,5-14H2,1-4H3,(H,28,30). The minimum atomic E-state index is -1.13. The molecule has 2 atom stereocenters. The molecular weight excluding hydrogens is 464 g/mol. The number of ether oxygens (including phenoxy) is 5. The molecule has 0 aliphatic carbocycles. The van der Waals surface area contributed by atoms with Crippen molar-refractivity contribution in [2.45, 2.75) is 85.4 Å². The number of halogens is 2. The van der Waals surface area contributed by atoms with Crippen molar-refractivity contribution in [3.8, 4) is 5.75 Å². The van der Waals surface area contributed by atoms with E-state index in [4.69, 9.17) is 23.7 Å². The molecule has 3 rings (SSSR count). The Labute approximate surface area is 204 Å². The number of amides is 1. The third kappa shape index (κ3) is 6.89. The van der Waals surface area contributed by atoms with Crippen LogP contribution < -0.4 is 10.1 Å². The quantitative estimate of drug-likeness (QED) is 0.499. The second-order valence-electron chi connectivity index (χ2n) is 9.63. The summed E-state index contributed by atoms with van der Waals surface area (Å²) in [5.74, 6) is -4.37. The highest BCUT2D eigenvalue weighted by Crippen LogP contribution is 2.39. The molecule has 0 aromatic heterocycles. The van der Waals surface area contributed by atoms with Gasteiger partial charge in [0.1, 0.15) is 5.56 Å². The van der Waals surface area contributed by atoms with Crippen molar-refractivity contribution in [1.82, 2.24) is 0 Å². The summed E-state index contributed by atoms with van der Waals surface area (Å²) in [6.45, 7) is 6.84. The molecule has 1 amide bonds. The van der Waals surface area contributed by atoms with Gasteiger partial charge >= 0.3 is 5.97 Å². The second kappa shape index (κ2) is 12.1. The van der Waals surface area contributed by atoms with E-state index in [2.05, 4.69) is 5.32 Å². The Morgan fingerprint density at radius 2 is 1.63 bits per heavy atom. The first-order valence-electron chi connectivity index (χ1n) is 12.2. The van der Waals surface area contributed by atoms with E-state index in [1.165, 1.54) is 0 Å². The first kappa shape index (κ1) is 27.3. The normalized spacial score (nSPS) is 20.9. The van der Waals surface area contributed by atoms with Crippen LogP contribution in [0, 0.1) is 17.0 Å². The molecule has 1 aromatic carbocycles. The monoisotopic (exact) mass is 499 g/mol. The zero-order valence-electron chi connectivity index (χ0n) is 20.8. The summed E-state index contributed by atoms with van der Waals surface area (Å²) < 4.78 is 59.1. The lowest BCUT2D eigenvalue weighted by molar-refractivity contribution is -0.169. The molecule has 0 bridgehead atoms. The predicted molar refractivity (Wildman–Crippen MR) is 123 cm³/mol. The van der Waals surface area contributed by atoms with Gasteiger partial charge in [-0.2, -0.15) is 0 Å². The fourth-order valence-electron chi connectivity index (χ4n) is 3.73. The zero-order valence-corrected chi connectivity index (χ0v) is 20.8. The molecule has 0 radical (unpaired) electrons. The Kier molecular flexibility index (Phi) is 9.43. The molecule has 2 aliphatic heterocycles. The van der Waals surface area contributed by atoms with E-state index in [0.717, 1.165) is 25.7 Å². The summed E-state index contributed by atoms with van der Waals surface area (Å²) in [6.07, 6.45) is 2.98. The number of nitrogens with one attached hydrogen (secondary N) is 1. The largest absolute Gasteiger partial charge is 0.462 e. The Balaban J connectivity index is 2.09. The van der Waals surface area contributed by atoms with E-state index in [-0.39, 0.29) is 6.61 Å². The van der Waals surface area contributed by atoms with Gasteiger partial charge in [-0.3, -0.25) is 4.79 Å². The van der Waals surface area contributed by atoms with Crippen molar-refractivity contribution < 1.29 is 42.1 Å². The smallest absolute Gasteiger partial charge is 0.344 e. The van der Waals surface area contributed by atoms with Gasteiger partial charge in [-0.25, -0.2) is 13.6 Å². The molecule has 2 fully saturated rings. The Hall–Kier alpha value is -2.30. The molecule has 0 spiro atoms. The molecule has 196 valence electrons. The number of hydrogen-bond acceptors (Lipinski definition) is 7. The zero-order chi connectivity index (χ0) is 25.6. The summed E-state index contributed by atoms with van der Waals surface area (Å²) in [6, 6.07) is 0. The van der Waals surface area contributed by atoms with Crippen molar-refractivity contribution in [2.24, 2.45) is 5.41 Å². The van der Waals surface area contributed by atoms with Crippen molar-refractivity contribution in [1.29, 1.82) is 0 Å². The van der Waals surface area contributed by atoms with Crippen LogP contribution in [0.15, 0.2) is 0 Å². The molecule has 0 saturated carbocycles. The molecule has 1 N–H and O–H groups in total. The van der Waals surface area contributed by atoms with Gasteiger partial charge in [-0.1, -0.05) is 20.8 Å². The van der Waals surface area contributed by atoms with E-state index in [1.807, 2.05) is 0 Å². The van der Waals surface area contributed by atoms with Crippen molar-refractivity contribution in [2.75, 3.05) is 25.1 Å². The topological polar surface area (TPSA) is 92.3 Å². The van der Waals surface area contributed by atoms with E-state index in [1.54, 1.807) is 27.7 Å². The van der Waals surface area contributed by atoms with Crippen LogP contribution in [0.5, 0.6) is 5.75 Å². The van der Waals surface area contributed by atoms with Gasteiger partial charge in [-0.05, 0) is 39.0 Å². The Bertz CT molecular complexity index is 904. The summed E-state index contributed by atoms with van der Waals surface area (Å²) in [5.41, 5.74) is -2.46. The summed E-state index contributed by atoms with van der Waals surface area (Å²) in [4.78, 5) is 25.7. The third-order valence-corrected chi connectivity index (χ3v) is 5.76. The maximum Gasteiger partial charge on any atom is 0.344 e. The van der Waals surface area contributed by atoms with Crippen LogP contribution in [0.3, 0.4) is 0 Å². The molecule has 1 aromatic rings. The molecule has 8 nitrogen and oxygen atoms in total. The van der Waals surface area contributed by atoms with Crippen LogP contribution in [0.4, 0.5) is 14.5 Å². The lowest BCUT2D eigenvalue weighted by atomic mass is 9.95. The highest BCUT2D eigenvalue weighted by molar-refractivity contribution is 6.05. The molecule has 10 heteroatoms. The van der Waals surface area contributed by atoms with Gasteiger partial charge in [0.05, 0.1) is 31.1 Å². The van der Waals surface area contributed by atoms with E-state index in [0.29, 0.717) is 26.1 Å². The van der Waals surface area contributed by atoms with Gasteiger partial charge < -0.3 is 29.0 Å².